The van der Waals surface area contributed by atoms with Gasteiger partial charge in [0.2, 0.25) is 0 Å². The van der Waals surface area contributed by atoms with Gasteiger partial charge in [0.15, 0.2) is 0 Å². The number of carbonyl (C=O) groups excluding carboxylic acids is 1. The van der Waals surface area contributed by atoms with Gasteiger partial charge in [0.25, 0.3) is 0 Å². The lowest BCUT2D eigenvalue weighted by Gasteiger charge is -2.25. The van der Waals surface area contributed by atoms with Crippen LogP contribution in [0.1, 0.15) is 19.4 Å². The molecule has 2 amide bonds. The average Bonchev–Trinajstić information content (AvgIpc) is 2.60. The molecular weight excluding hydrogens is 328 g/mol. The van der Waals surface area contributed by atoms with Crippen LogP contribution < -0.4 is 10.1 Å². The van der Waals surface area contributed by atoms with Gasteiger partial charge in [-0.25, -0.2) is 4.79 Å². The Morgan fingerprint density at radius 3 is 2.58 bits per heavy atom. The topological polar surface area (TPSA) is 57.7 Å². The van der Waals surface area contributed by atoms with Crippen LogP contribution in [0.15, 0.2) is 48.8 Å². The molecular formula is C20H28N4O2. The minimum atomic E-state index is -0.157. The van der Waals surface area contributed by atoms with Gasteiger partial charge in [-0.1, -0.05) is 18.2 Å². The number of likely N-dealkylation sites (N-methyl/N-ethyl adjacent to an activating group) is 1. The summed E-state index contributed by atoms with van der Waals surface area (Å²) in [5, 5.41) is 2.98. The predicted molar refractivity (Wildman–Crippen MR) is 104 cm³/mol. The van der Waals surface area contributed by atoms with Crippen LogP contribution in [0, 0.1) is 0 Å². The highest BCUT2D eigenvalue weighted by Crippen LogP contribution is 2.25. The number of hydrogen-bond donors (Lipinski definition) is 1. The SMILES string of the molecule is CC(C)Oc1ccccc1NC(=O)N(CCN(C)C)Cc1cccnc1. The van der Waals surface area contributed by atoms with Crippen LogP contribution in [-0.4, -0.2) is 54.1 Å². The zero-order chi connectivity index (χ0) is 18.9. The minimum absolute atomic E-state index is 0.0355. The van der Waals surface area contributed by atoms with E-state index in [4.69, 9.17) is 4.74 Å². The Kier molecular flexibility index (Phi) is 7.41. The van der Waals surface area contributed by atoms with E-state index in [9.17, 15) is 4.79 Å². The highest BCUT2D eigenvalue weighted by atomic mass is 16.5. The molecule has 0 aliphatic carbocycles. The zero-order valence-electron chi connectivity index (χ0n) is 16.0. The third kappa shape index (κ3) is 6.37. The first-order valence-electron chi connectivity index (χ1n) is 8.81. The fourth-order valence-corrected chi connectivity index (χ4v) is 2.41. The molecule has 0 fully saturated rings. The number of nitrogens with one attached hydrogen (secondary N) is 1. The maximum absolute atomic E-state index is 12.9. The molecule has 0 saturated heterocycles. The van der Waals surface area contributed by atoms with Crippen molar-refractivity contribution < 1.29 is 9.53 Å². The Balaban J connectivity index is 2.13. The summed E-state index contributed by atoms with van der Waals surface area (Å²) in [5.41, 5.74) is 1.67. The lowest BCUT2D eigenvalue weighted by atomic mass is 10.2. The number of amides is 2. The standard InChI is InChI=1S/C20H28N4O2/c1-16(2)26-19-10-6-5-9-18(19)22-20(25)24(13-12-23(3)4)15-17-8-7-11-21-14-17/h5-11,14,16H,12-13,15H2,1-4H3,(H,22,25). The number of carbonyl (C=O) groups is 1. The molecule has 1 heterocycles. The Labute approximate surface area is 155 Å². The molecule has 0 saturated carbocycles. The molecule has 2 aromatic rings. The van der Waals surface area contributed by atoms with Crippen LogP contribution >= 0.6 is 0 Å². The largest absolute Gasteiger partial charge is 0.489 e. The Morgan fingerprint density at radius 2 is 1.92 bits per heavy atom. The van der Waals surface area contributed by atoms with Gasteiger partial charge in [0, 0.05) is 32.0 Å². The molecule has 0 aliphatic rings. The number of pyridine rings is 1. The molecule has 0 aliphatic heterocycles. The molecule has 0 radical (unpaired) electrons. The van der Waals surface area contributed by atoms with E-state index < -0.39 is 0 Å². The van der Waals surface area contributed by atoms with E-state index in [1.54, 1.807) is 17.3 Å². The zero-order valence-corrected chi connectivity index (χ0v) is 16.0. The summed E-state index contributed by atoms with van der Waals surface area (Å²) in [7, 11) is 3.98. The van der Waals surface area contributed by atoms with Crippen molar-refractivity contribution >= 4 is 11.7 Å². The van der Waals surface area contributed by atoms with Crippen LogP contribution in [0.25, 0.3) is 0 Å². The van der Waals surface area contributed by atoms with Crippen molar-refractivity contribution in [3.8, 4) is 5.75 Å². The summed E-state index contributed by atoms with van der Waals surface area (Å²) in [6.45, 7) is 5.81. The van der Waals surface area contributed by atoms with Gasteiger partial charge in [-0.3, -0.25) is 4.98 Å². The maximum Gasteiger partial charge on any atom is 0.322 e. The fraction of sp³-hybridized carbons (Fsp3) is 0.400. The number of ether oxygens (including phenoxy) is 1. The van der Waals surface area contributed by atoms with Crippen LogP contribution in [0.2, 0.25) is 0 Å². The Hall–Kier alpha value is -2.60. The van der Waals surface area contributed by atoms with Crippen LogP contribution in [0.4, 0.5) is 10.5 Å². The van der Waals surface area contributed by atoms with Crippen molar-refractivity contribution in [2.24, 2.45) is 0 Å². The van der Waals surface area contributed by atoms with Crippen LogP contribution in [-0.2, 0) is 6.54 Å². The second kappa shape index (κ2) is 9.77. The van der Waals surface area contributed by atoms with Crippen molar-refractivity contribution in [3.63, 3.8) is 0 Å². The van der Waals surface area contributed by atoms with Gasteiger partial charge >= 0.3 is 6.03 Å². The molecule has 1 aromatic heterocycles. The molecule has 1 N–H and O–H groups in total. The first kappa shape index (κ1) is 19.7. The second-order valence-electron chi connectivity index (χ2n) is 6.68. The number of benzene rings is 1. The molecule has 1 aromatic carbocycles. The van der Waals surface area contributed by atoms with Crippen molar-refractivity contribution in [2.45, 2.75) is 26.5 Å². The van der Waals surface area contributed by atoms with Crippen molar-refractivity contribution in [1.82, 2.24) is 14.8 Å². The first-order valence-corrected chi connectivity index (χ1v) is 8.81. The van der Waals surface area contributed by atoms with E-state index in [0.717, 1.165) is 12.1 Å². The van der Waals surface area contributed by atoms with E-state index in [0.29, 0.717) is 24.5 Å². The van der Waals surface area contributed by atoms with E-state index in [-0.39, 0.29) is 12.1 Å². The molecule has 0 bridgehead atoms. The normalized spacial score (nSPS) is 10.8. The maximum atomic E-state index is 12.9. The van der Waals surface area contributed by atoms with E-state index in [1.807, 2.05) is 64.3 Å². The lowest BCUT2D eigenvalue weighted by Crippen LogP contribution is -2.39. The average molecular weight is 356 g/mol. The smallest absolute Gasteiger partial charge is 0.322 e. The fourth-order valence-electron chi connectivity index (χ4n) is 2.41. The number of aromatic nitrogens is 1. The molecule has 140 valence electrons. The predicted octanol–water partition coefficient (Wildman–Crippen LogP) is 3.46. The highest BCUT2D eigenvalue weighted by Gasteiger charge is 2.16. The first-order chi connectivity index (χ1) is 12.5. The Bertz CT molecular complexity index is 689. The van der Waals surface area contributed by atoms with Gasteiger partial charge in [-0.15, -0.1) is 0 Å². The summed E-state index contributed by atoms with van der Waals surface area (Å²) < 4.78 is 5.79. The third-order valence-electron chi connectivity index (χ3n) is 3.69. The van der Waals surface area contributed by atoms with Crippen molar-refractivity contribution in [1.29, 1.82) is 0 Å². The number of rotatable bonds is 8. The molecule has 0 atom stereocenters. The molecule has 6 nitrogen and oxygen atoms in total. The second-order valence-corrected chi connectivity index (χ2v) is 6.68. The van der Waals surface area contributed by atoms with Gasteiger partial charge in [0.1, 0.15) is 5.75 Å². The minimum Gasteiger partial charge on any atom is -0.489 e. The molecule has 0 unspecified atom stereocenters. The van der Waals surface area contributed by atoms with Crippen LogP contribution in [0.5, 0.6) is 5.75 Å². The van der Waals surface area contributed by atoms with Crippen LogP contribution in [0.3, 0.4) is 0 Å². The molecule has 26 heavy (non-hydrogen) atoms. The van der Waals surface area contributed by atoms with E-state index in [2.05, 4.69) is 15.2 Å². The van der Waals surface area contributed by atoms with Gasteiger partial charge < -0.3 is 19.9 Å². The van der Waals surface area contributed by atoms with Crippen molar-refractivity contribution in [2.75, 3.05) is 32.5 Å². The number of hydrogen-bond acceptors (Lipinski definition) is 4. The lowest BCUT2D eigenvalue weighted by molar-refractivity contribution is 0.201. The monoisotopic (exact) mass is 356 g/mol. The molecule has 6 heteroatoms. The van der Waals surface area contributed by atoms with Gasteiger partial charge in [0.05, 0.1) is 11.8 Å². The number of urea groups is 1. The number of nitrogens with zero attached hydrogens (tertiary/aromatic N) is 3. The summed E-state index contributed by atoms with van der Waals surface area (Å²) in [6, 6.07) is 11.2. The summed E-state index contributed by atoms with van der Waals surface area (Å²) in [6.07, 6.45) is 3.55. The van der Waals surface area contributed by atoms with Gasteiger partial charge in [-0.2, -0.15) is 0 Å². The van der Waals surface area contributed by atoms with E-state index >= 15 is 0 Å². The Morgan fingerprint density at radius 1 is 1.15 bits per heavy atom. The third-order valence-corrected chi connectivity index (χ3v) is 3.69. The highest BCUT2D eigenvalue weighted by molar-refractivity contribution is 5.91. The van der Waals surface area contributed by atoms with E-state index in [1.165, 1.54) is 0 Å². The summed E-state index contributed by atoms with van der Waals surface area (Å²) in [4.78, 5) is 20.9. The quantitative estimate of drug-likeness (QED) is 0.787. The molecule has 2 rings (SSSR count). The van der Waals surface area contributed by atoms with Gasteiger partial charge in [-0.05, 0) is 51.7 Å². The van der Waals surface area contributed by atoms with Crippen molar-refractivity contribution in [3.05, 3.63) is 54.4 Å². The molecule has 0 spiro atoms. The number of anilines is 1. The summed E-state index contributed by atoms with van der Waals surface area (Å²) in [5.74, 6) is 0.671. The summed E-state index contributed by atoms with van der Waals surface area (Å²) >= 11 is 0. The number of para-hydroxylation sites is 2.